The zero-order chi connectivity index (χ0) is 13.3. The third kappa shape index (κ3) is 2.65. The first-order valence-electron chi connectivity index (χ1n) is 4.70. The van der Waals surface area contributed by atoms with Crippen molar-refractivity contribution in [2.24, 2.45) is 0 Å². The highest BCUT2D eigenvalue weighted by Gasteiger charge is 2.35. The third-order valence-electron chi connectivity index (χ3n) is 2.07. The number of aromatic nitrogens is 2. The summed E-state index contributed by atoms with van der Waals surface area (Å²) in [6, 6.07) is 2.27. The topological polar surface area (TPSA) is 46.0 Å². The first-order valence-corrected chi connectivity index (χ1v) is 5.52. The highest BCUT2D eigenvalue weighted by molar-refractivity contribution is 7.11. The van der Waals surface area contributed by atoms with Gasteiger partial charge in [-0.15, -0.1) is 11.3 Å². The quantitative estimate of drug-likeness (QED) is 0.859. The first-order chi connectivity index (χ1) is 8.38. The number of alkyl halides is 3. The molecule has 0 aromatic carbocycles. The summed E-state index contributed by atoms with van der Waals surface area (Å²) in [6.07, 6.45) is -4.08. The van der Waals surface area contributed by atoms with Crippen molar-refractivity contribution in [3.63, 3.8) is 0 Å². The molecule has 18 heavy (non-hydrogen) atoms. The second-order valence-electron chi connectivity index (χ2n) is 3.37. The lowest BCUT2D eigenvalue weighted by Gasteiger charge is -2.06. The van der Waals surface area contributed by atoms with Crippen molar-refractivity contribution in [2.75, 3.05) is 0 Å². The number of hydrogen-bond acceptors (Lipinski definition) is 4. The molecule has 2 aromatic rings. The first kappa shape index (κ1) is 12.9. The Labute approximate surface area is 103 Å². The molecule has 1 N–H and O–H groups in total. The Bertz CT molecular complexity index is 538. The van der Waals surface area contributed by atoms with Crippen molar-refractivity contribution >= 4 is 11.3 Å². The number of rotatable bonds is 2. The Morgan fingerprint density at radius 3 is 2.39 bits per heavy atom. The molecule has 0 radical (unpaired) electrons. The normalized spacial score (nSPS) is 13.6. The summed E-state index contributed by atoms with van der Waals surface area (Å²) < 4.78 is 49.6. The highest BCUT2D eigenvalue weighted by atomic mass is 32.1. The maximum absolute atomic E-state index is 12.6. The summed E-state index contributed by atoms with van der Waals surface area (Å²) in [6.45, 7) is 0. The lowest BCUT2D eigenvalue weighted by molar-refractivity contribution is -0.137. The molecule has 3 nitrogen and oxygen atoms in total. The molecule has 0 fully saturated rings. The number of hydrogen-bond donors (Lipinski definition) is 1. The van der Waals surface area contributed by atoms with Gasteiger partial charge in [0.15, 0.2) is 5.01 Å². The molecule has 0 saturated heterocycles. The van der Waals surface area contributed by atoms with Gasteiger partial charge in [-0.3, -0.25) is 4.98 Å². The molecule has 96 valence electrons. The van der Waals surface area contributed by atoms with Crippen molar-refractivity contribution in [1.29, 1.82) is 0 Å². The van der Waals surface area contributed by atoms with Gasteiger partial charge < -0.3 is 5.11 Å². The molecule has 8 heteroatoms. The minimum atomic E-state index is -4.54. The van der Waals surface area contributed by atoms with E-state index in [2.05, 4.69) is 9.97 Å². The van der Waals surface area contributed by atoms with Crippen LogP contribution in [0.15, 0.2) is 24.5 Å². The van der Waals surface area contributed by atoms with Gasteiger partial charge in [-0.05, 0) is 12.1 Å². The Balaban J connectivity index is 2.26. The van der Waals surface area contributed by atoms with Gasteiger partial charge in [0, 0.05) is 6.20 Å². The highest BCUT2D eigenvalue weighted by Crippen LogP contribution is 2.35. The standard InChI is InChI=1S/C10H6F4N2OS/c11-5-1-2-6(15-3-5)8(17)7-4-16-9(18-7)10(12,13)14/h1-4,8,17H. The maximum Gasteiger partial charge on any atom is 0.443 e. The Morgan fingerprint density at radius 2 is 1.89 bits per heavy atom. The molecule has 0 aliphatic heterocycles. The van der Waals surface area contributed by atoms with Gasteiger partial charge in [-0.25, -0.2) is 9.37 Å². The molecule has 0 aliphatic rings. The smallest absolute Gasteiger partial charge is 0.381 e. The van der Waals surface area contributed by atoms with Crippen LogP contribution in [0, 0.1) is 5.82 Å². The van der Waals surface area contributed by atoms with Crippen LogP contribution in [0.5, 0.6) is 0 Å². The van der Waals surface area contributed by atoms with E-state index in [0.29, 0.717) is 11.3 Å². The zero-order valence-electron chi connectivity index (χ0n) is 8.65. The van der Waals surface area contributed by atoms with Crippen LogP contribution in [0.25, 0.3) is 0 Å². The summed E-state index contributed by atoms with van der Waals surface area (Å²) in [7, 11) is 0. The van der Waals surface area contributed by atoms with Crippen molar-refractivity contribution in [3.05, 3.63) is 45.9 Å². The van der Waals surface area contributed by atoms with Crippen molar-refractivity contribution < 1.29 is 22.7 Å². The molecular weight excluding hydrogens is 272 g/mol. The van der Waals surface area contributed by atoms with E-state index in [4.69, 9.17) is 0 Å². The SMILES string of the molecule is OC(c1ccc(F)cn1)c1cnc(C(F)(F)F)s1. The second-order valence-corrected chi connectivity index (χ2v) is 4.43. The van der Waals surface area contributed by atoms with Crippen LogP contribution in [0.3, 0.4) is 0 Å². The van der Waals surface area contributed by atoms with Crippen LogP contribution in [0.1, 0.15) is 21.7 Å². The van der Waals surface area contributed by atoms with E-state index in [-0.39, 0.29) is 10.6 Å². The Morgan fingerprint density at radius 1 is 1.17 bits per heavy atom. The van der Waals surface area contributed by atoms with Crippen LogP contribution in [0.2, 0.25) is 0 Å². The fourth-order valence-electron chi connectivity index (χ4n) is 1.24. The van der Waals surface area contributed by atoms with Crippen LogP contribution >= 0.6 is 11.3 Å². The molecule has 0 bridgehead atoms. The summed E-state index contributed by atoms with van der Waals surface area (Å²) in [5.41, 5.74) is 0.0637. The van der Waals surface area contributed by atoms with E-state index in [1.54, 1.807) is 0 Å². The number of aliphatic hydroxyl groups excluding tert-OH is 1. The van der Waals surface area contributed by atoms with Gasteiger partial charge in [0.25, 0.3) is 0 Å². The van der Waals surface area contributed by atoms with E-state index in [1.165, 1.54) is 6.07 Å². The fourth-order valence-corrected chi connectivity index (χ4v) is 2.02. The molecule has 2 heterocycles. The van der Waals surface area contributed by atoms with Gasteiger partial charge in [0.05, 0.1) is 16.8 Å². The third-order valence-corrected chi connectivity index (χ3v) is 3.16. The molecule has 0 amide bonds. The molecule has 2 rings (SSSR count). The second kappa shape index (κ2) is 4.62. The molecule has 0 saturated carbocycles. The summed E-state index contributed by atoms with van der Waals surface area (Å²) in [4.78, 5) is 6.78. The van der Waals surface area contributed by atoms with Gasteiger partial charge in [0.2, 0.25) is 0 Å². The minimum Gasteiger partial charge on any atom is -0.381 e. The van der Waals surface area contributed by atoms with Crippen LogP contribution in [0.4, 0.5) is 17.6 Å². The van der Waals surface area contributed by atoms with E-state index in [1.807, 2.05) is 0 Å². The average Bonchev–Trinajstić information content (AvgIpc) is 2.78. The lowest BCUT2D eigenvalue weighted by Crippen LogP contribution is -2.03. The summed E-state index contributed by atoms with van der Waals surface area (Å²) >= 11 is 0.327. The molecular formula is C10H6F4N2OS. The monoisotopic (exact) mass is 278 g/mol. The van der Waals surface area contributed by atoms with Crippen LogP contribution < -0.4 is 0 Å². The molecule has 1 unspecified atom stereocenters. The van der Waals surface area contributed by atoms with Gasteiger partial charge >= 0.3 is 6.18 Å². The van der Waals surface area contributed by atoms with Crippen molar-refractivity contribution in [2.45, 2.75) is 12.3 Å². The Hall–Kier alpha value is -1.54. The van der Waals surface area contributed by atoms with Gasteiger partial charge in [-0.2, -0.15) is 13.2 Å². The fraction of sp³-hybridized carbons (Fsp3) is 0.200. The largest absolute Gasteiger partial charge is 0.443 e. The van der Waals surface area contributed by atoms with E-state index >= 15 is 0 Å². The summed E-state index contributed by atoms with van der Waals surface area (Å²) in [5, 5.41) is 8.74. The van der Waals surface area contributed by atoms with Gasteiger partial charge in [0.1, 0.15) is 11.9 Å². The Kier molecular flexibility index (Phi) is 3.31. The van der Waals surface area contributed by atoms with Crippen molar-refractivity contribution in [3.8, 4) is 0 Å². The zero-order valence-corrected chi connectivity index (χ0v) is 9.46. The number of pyridine rings is 1. The number of halogens is 4. The van der Waals surface area contributed by atoms with Crippen LogP contribution in [-0.4, -0.2) is 15.1 Å². The number of nitrogens with zero attached hydrogens (tertiary/aromatic N) is 2. The van der Waals surface area contributed by atoms with E-state index < -0.39 is 23.1 Å². The predicted octanol–water partition coefficient (Wildman–Crippen LogP) is 2.78. The number of thiazole rings is 1. The van der Waals surface area contributed by atoms with Gasteiger partial charge in [-0.1, -0.05) is 0 Å². The summed E-state index contributed by atoms with van der Waals surface area (Å²) in [5.74, 6) is -0.591. The molecule has 1 atom stereocenters. The molecule has 0 spiro atoms. The minimum absolute atomic E-state index is 0.00133. The lowest BCUT2D eigenvalue weighted by atomic mass is 10.2. The van der Waals surface area contributed by atoms with E-state index in [9.17, 15) is 22.7 Å². The van der Waals surface area contributed by atoms with Crippen LogP contribution in [-0.2, 0) is 6.18 Å². The maximum atomic E-state index is 12.6. The average molecular weight is 278 g/mol. The van der Waals surface area contributed by atoms with Crippen molar-refractivity contribution in [1.82, 2.24) is 9.97 Å². The van der Waals surface area contributed by atoms with E-state index in [0.717, 1.165) is 18.5 Å². The molecule has 2 aromatic heterocycles. The number of aliphatic hydroxyl groups is 1. The predicted molar refractivity (Wildman–Crippen MR) is 55.4 cm³/mol. The molecule has 0 aliphatic carbocycles.